The minimum absolute atomic E-state index is 0.0491. The lowest BCUT2D eigenvalue weighted by Gasteiger charge is -2.36. The Labute approximate surface area is 182 Å². The Morgan fingerprint density at radius 3 is 2.27 bits per heavy atom. The minimum Gasteiger partial charge on any atom is -0.362 e. The number of pyridine rings is 1. The van der Waals surface area contributed by atoms with Crippen LogP contribution >= 0.6 is 15.9 Å². The van der Waals surface area contributed by atoms with Gasteiger partial charge in [0.15, 0.2) is 5.78 Å². The first-order valence-corrected chi connectivity index (χ1v) is 10.3. The lowest BCUT2D eigenvalue weighted by molar-refractivity contribution is -0.384. The molecule has 1 aromatic heterocycles. The number of aromatic nitrogens is 1. The van der Waals surface area contributed by atoms with E-state index in [9.17, 15) is 14.9 Å². The first-order chi connectivity index (χ1) is 14.5. The fourth-order valence-electron chi connectivity index (χ4n) is 3.57. The molecule has 8 heteroatoms. The molecule has 0 radical (unpaired) electrons. The lowest BCUT2D eigenvalue weighted by Crippen LogP contribution is -2.47. The topological polar surface area (TPSA) is 79.6 Å². The first kappa shape index (κ1) is 20.0. The Hall–Kier alpha value is -3.26. The maximum absolute atomic E-state index is 12.7. The van der Waals surface area contributed by atoms with Crippen LogP contribution in [0.1, 0.15) is 15.9 Å². The van der Waals surface area contributed by atoms with Crippen LogP contribution in [0.2, 0.25) is 0 Å². The molecule has 0 amide bonds. The lowest BCUT2D eigenvalue weighted by atomic mass is 10.0. The Kier molecular flexibility index (Phi) is 5.76. The van der Waals surface area contributed by atoms with E-state index < -0.39 is 4.92 Å². The summed E-state index contributed by atoms with van der Waals surface area (Å²) in [6, 6.07) is 17.4. The van der Waals surface area contributed by atoms with Crippen molar-refractivity contribution in [2.24, 2.45) is 0 Å². The molecule has 1 aliphatic rings. The average molecular weight is 467 g/mol. The zero-order valence-corrected chi connectivity index (χ0v) is 17.7. The van der Waals surface area contributed by atoms with Crippen molar-refractivity contribution in [3.05, 3.63) is 92.6 Å². The number of carbonyl (C=O) groups excluding carboxylic acids is 1. The quantitative estimate of drug-likeness (QED) is 0.316. The van der Waals surface area contributed by atoms with Crippen molar-refractivity contribution in [1.82, 2.24) is 4.98 Å². The summed E-state index contributed by atoms with van der Waals surface area (Å²) in [6.07, 6.45) is 1.76. The maximum Gasteiger partial charge on any atom is 0.293 e. The van der Waals surface area contributed by atoms with E-state index in [1.807, 2.05) is 23.1 Å². The van der Waals surface area contributed by atoms with Gasteiger partial charge in [0.1, 0.15) is 11.5 Å². The molecule has 1 aliphatic heterocycles. The van der Waals surface area contributed by atoms with Crippen LogP contribution in [0.4, 0.5) is 17.2 Å². The summed E-state index contributed by atoms with van der Waals surface area (Å²) in [7, 11) is 0. The largest absolute Gasteiger partial charge is 0.362 e. The highest BCUT2D eigenvalue weighted by molar-refractivity contribution is 9.10. The van der Waals surface area contributed by atoms with Gasteiger partial charge in [0.05, 0.1) is 4.92 Å². The second-order valence-electron chi connectivity index (χ2n) is 6.96. The molecule has 1 saturated heterocycles. The van der Waals surface area contributed by atoms with Gasteiger partial charge in [-0.05, 0) is 40.2 Å². The highest BCUT2D eigenvalue weighted by Crippen LogP contribution is 2.31. The van der Waals surface area contributed by atoms with Gasteiger partial charge in [-0.15, -0.1) is 0 Å². The molecule has 30 heavy (non-hydrogen) atoms. The summed E-state index contributed by atoms with van der Waals surface area (Å²) in [5.41, 5.74) is 1.31. The van der Waals surface area contributed by atoms with Crippen molar-refractivity contribution in [1.29, 1.82) is 0 Å². The molecular formula is C22H19BrN4O3. The molecule has 2 aromatic carbocycles. The van der Waals surface area contributed by atoms with Crippen LogP contribution in [0.15, 0.2) is 71.3 Å². The van der Waals surface area contributed by atoms with Gasteiger partial charge in [0.25, 0.3) is 5.69 Å². The van der Waals surface area contributed by atoms with Gasteiger partial charge in [-0.25, -0.2) is 4.98 Å². The van der Waals surface area contributed by atoms with E-state index >= 15 is 0 Å². The van der Waals surface area contributed by atoms with E-state index in [0.29, 0.717) is 43.0 Å². The number of nitro groups is 1. The summed E-state index contributed by atoms with van der Waals surface area (Å²) in [4.78, 5) is 32.6. The van der Waals surface area contributed by atoms with Crippen LogP contribution in [0.5, 0.6) is 0 Å². The Morgan fingerprint density at radius 1 is 0.933 bits per heavy atom. The number of benzene rings is 2. The Bertz CT molecular complexity index is 1070. The maximum atomic E-state index is 12.7. The number of nitrogens with zero attached hydrogens (tertiary/aromatic N) is 4. The number of hydrogen-bond acceptors (Lipinski definition) is 6. The van der Waals surface area contributed by atoms with Gasteiger partial charge in [0.2, 0.25) is 0 Å². The molecule has 0 spiro atoms. The number of carbonyl (C=O) groups is 1. The minimum atomic E-state index is -0.417. The highest BCUT2D eigenvalue weighted by atomic mass is 79.9. The van der Waals surface area contributed by atoms with Crippen molar-refractivity contribution >= 4 is 38.9 Å². The fraction of sp³-hybridized carbons (Fsp3) is 0.182. The molecule has 0 bridgehead atoms. The van der Waals surface area contributed by atoms with Crippen LogP contribution in [-0.2, 0) is 0 Å². The predicted molar refractivity (Wildman–Crippen MR) is 119 cm³/mol. The number of rotatable bonds is 5. The van der Waals surface area contributed by atoms with Crippen molar-refractivity contribution in [3.63, 3.8) is 0 Å². The number of anilines is 2. The molecule has 7 nitrogen and oxygen atoms in total. The van der Waals surface area contributed by atoms with E-state index in [0.717, 1.165) is 10.3 Å². The number of halogens is 1. The number of ketones is 1. The molecule has 0 N–H and O–H groups in total. The van der Waals surface area contributed by atoms with Crippen LogP contribution in [-0.4, -0.2) is 41.9 Å². The predicted octanol–water partition coefficient (Wildman–Crippen LogP) is 4.31. The van der Waals surface area contributed by atoms with Crippen molar-refractivity contribution in [3.8, 4) is 0 Å². The molecule has 4 rings (SSSR count). The zero-order chi connectivity index (χ0) is 21.1. The monoisotopic (exact) mass is 466 g/mol. The standard InChI is InChI=1S/C22H19BrN4O3/c23-18-7-9-21(24-15-18)26-12-10-25(11-13-26)19-8-6-17(14-20(19)27(29)30)22(28)16-4-2-1-3-5-16/h1-9,14-15H,10-13H2. The molecule has 152 valence electrons. The third-order valence-corrected chi connectivity index (χ3v) is 5.60. The van der Waals surface area contributed by atoms with E-state index in [1.165, 1.54) is 6.07 Å². The van der Waals surface area contributed by atoms with Gasteiger partial charge in [-0.1, -0.05) is 30.3 Å². The van der Waals surface area contributed by atoms with Crippen molar-refractivity contribution in [2.45, 2.75) is 0 Å². The van der Waals surface area contributed by atoms with Crippen LogP contribution in [0.3, 0.4) is 0 Å². The summed E-state index contributed by atoms with van der Waals surface area (Å²) in [5.74, 6) is 0.660. The SMILES string of the molecule is O=C(c1ccccc1)c1ccc(N2CCN(c3ccc(Br)cn3)CC2)c([N+](=O)[O-])c1. The van der Waals surface area contributed by atoms with Crippen molar-refractivity contribution in [2.75, 3.05) is 36.0 Å². The fourth-order valence-corrected chi connectivity index (χ4v) is 3.80. The molecular weight excluding hydrogens is 448 g/mol. The molecule has 3 aromatic rings. The van der Waals surface area contributed by atoms with Crippen LogP contribution in [0, 0.1) is 10.1 Å². The molecule has 0 unspecified atom stereocenters. The highest BCUT2D eigenvalue weighted by Gasteiger charge is 2.25. The average Bonchev–Trinajstić information content (AvgIpc) is 2.79. The molecule has 0 atom stereocenters. The summed E-state index contributed by atoms with van der Waals surface area (Å²) < 4.78 is 0.922. The van der Waals surface area contributed by atoms with Crippen LogP contribution < -0.4 is 9.80 Å². The smallest absolute Gasteiger partial charge is 0.293 e. The molecule has 0 saturated carbocycles. The van der Waals surface area contributed by atoms with E-state index in [2.05, 4.69) is 25.8 Å². The summed E-state index contributed by atoms with van der Waals surface area (Å²) >= 11 is 3.38. The van der Waals surface area contributed by atoms with Gasteiger partial charge in [-0.3, -0.25) is 14.9 Å². The third-order valence-electron chi connectivity index (χ3n) is 5.13. The van der Waals surface area contributed by atoms with Gasteiger partial charge < -0.3 is 9.80 Å². The van der Waals surface area contributed by atoms with E-state index in [1.54, 1.807) is 42.6 Å². The third kappa shape index (κ3) is 4.18. The van der Waals surface area contributed by atoms with Gasteiger partial charge in [-0.2, -0.15) is 0 Å². The summed E-state index contributed by atoms with van der Waals surface area (Å²) in [6.45, 7) is 2.67. The Morgan fingerprint density at radius 2 is 1.63 bits per heavy atom. The number of piperazine rings is 1. The van der Waals surface area contributed by atoms with E-state index in [4.69, 9.17) is 0 Å². The van der Waals surface area contributed by atoms with E-state index in [-0.39, 0.29) is 11.5 Å². The normalized spacial score (nSPS) is 13.9. The second kappa shape index (κ2) is 8.62. The molecule has 0 aliphatic carbocycles. The second-order valence-corrected chi connectivity index (χ2v) is 7.88. The number of nitro benzene ring substituents is 1. The first-order valence-electron chi connectivity index (χ1n) is 9.52. The summed E-state index contributed by atoms with van der Waals surface area (Å²) in [5, 5.41) is 11.7. The van der Waals surface area contributed by atoms with Crippen LogP contribution in [0.25, 0.3) is 0 Å². The van der Waals surface area contributed by atoms with Gasteiger partial charge in [0, 0.05) is 54.0 Å². The van der Waals surface area contributed by atoms with Gasteiger partial charge >= 0.3 is 0 Å². The Balaban J connectivity index is 1.54. The number of hydrogen-bond donors (Lipinski definition) is 0. The molecule has 2 heterocycles. The zero-order valence-electron chi connectivity index (χ0n) is 16.1. The molecule has 1 fully saturated rings. The van der Waals surface area contributed by atoms with Crippen molar-refractivity contribution < 1.29 is 9.72 Å².